The van der Waals surface area contributed by atoms with Gasteiger partial charge < -0.3 is 10.1 Å². The predicted octanol–water partition coefficient (Wildman–Crippen LogP) is 4.34. The SMILES string of the molecule is O=C(NC[C@@H]1Cc2cc(-c3cccnc3)cc(F)c2O1)c1sccc1Cl. The van der Waals surface area contributed by atoms with Crippen LogP contribution in [-0.2, 0) is 6.42 Å². The van der Waals surface area contributed by atoms with E-state index in [9.17, 15) is 9.18 Å². The van der Waals surface area contributed by atoms with E-state index in [4.69, 9.17) is 16.3 Å². The number of carbonyl (C=O) groups is 1. The fraction of sp³-hybridized carbons (Fsp3) is 0.158. The molecule has 3 aromatic rings. The Labute approximate surface area is 158 Å². The van der Waals surface area contributed by atoms with Gasteiger partial charge in [0.2, 0.25) is 0 Å². The topological polar surface area (TPSA) is 51.2 Å². The van der Waals surface area contributed by atoms with Crippen LogP contribution in [-0.4, -0.2) is 23.5 Å². The Bertz CT molecular complexity index is 961. The quantitative estimate of drug-likeness (QED) is 0.723. The van der Waals surface area contributed by atoms with Crippen molar-refractivity contribution in [3.63, 3.8) is 0 Å². The van der Waals surface area contributed by atoms with Crippen LogP contribution in [0.1, 0.15) is 15.2 Å². The second kappa shape index (κ2) is 7.05. The number of benzene rings is 1. The number of rotatable bonds is 4. The van der Waals surface area contributed by atoms with Gasteiger partial charge in [-0.15, -0.1) is 11.3 Å². The molecule has 3 heterocycles. The van der Waals surface area contributed by atoms with Gasteiger partial charge in [0.1, 0.15) is 11.0 Å². The minimum atomic E-state index is -0.406. The van der Waals surface area contributed by atoms with E-state index in [2.05, 4.69) is 10.3 Å². The van der Waals surface area contributed by atoms with Gasteiger partial charge in [-0.25, -0.2) is 4.39 Å². The van der Waals surface area contributed by atoms with Crippen molar-refractivity contribution in [3.05, 3.63) is 69.4 Å². The number of aromatic nitrogens is 1. The van der Waals surface area contributed by atoms with Crippen molar-refractivity contribution < 1.29 is 13.9 Å². The monoisotopic (exact) mass is 388 g/mol. The van der Waals surface area contributed by atoms with E-state index in [1.807, 2.05) is 18.2 Å². The molecule has 132 valence electrons. The molecular formula is C19H14ClFN2O2S. The molecule has 1 aliphatic heterocycles. The number of halogens is 2. The number of hydrogen-bond acceptors (Lipinski definition) is 4. The Morgan fingerprint density at radius 3 is 3.00 bits per heavy atom. The number of nitrogens with one attached hydrogen (secondary N) is 1. The van der Waals surface area contributed by atoms with Crippen LogP contribution in [0, 0.1) is 5.82 Å². The van der Waals surface area contributed by atoms with Crippen molar-refractivity contribution in [1.29, 1.82) is 0 Å². The van der Waals surface area contributed by atoms with E-state index >= 15 is 0 Å². The summed E-state index contributed by atoms with van der Waals surface area (Å²) < 4.78 is 20.1. The summed E-state index contributed by atoms with van der Waals surface area (Å²) in [7, 11) is 0. The van der Waals surface area contributed by atoms with E-state index in [1.165, 1.54) is 17.4 Å². The zero-order chi connectivity index (χ0) is 18.1. The molecule has 0 spiro atoms. The average molecular weight is 389 g/mol. The largest absolute Gasteiger partial charge is 0.485 e. The first kappa shape index (κ1) is 17.0. The smallest absolute Gasteiger partial charge is 0.263 e. The molecule has 0 unspecified atom stereocenters. The number of fused-ring (bicyclic) bond motifs is 1. The fourth-order valence-corrected chi connectivity index (χ4v) is 4.00. The van der Waals surface area contributed by atoms with Crippen LogP contribution < -0.4 is 10.1 Å². The van der Waals surface area contributed by atoms with E-state index in [0.717, 1.165) is 16.7 Å². The maximum absolute atomic E-state index is 14.4. The third-order valence-electron chi connectivity index (χ3n) is 4.16. The molecule has 4 rings (SSSR count). The zero-order valence-corrected chi connectivity index (χ0v) is 15.1. The number of carbonyl (C=O) groups excluding carboxylic acids is 1. The lowest BCUT2D eigenvalue weighted by Crippen LogP contribution is -2.34. The van der Waals surface area contributed by atoms with Crippen molar-refractivity contribution in [2.24, 2.45) is 0 Å². The highest BCUT2D eigenvalue weighted by Gasteiger charge is 2.27. The van der Waals surface area contributed by atoms with Crippen LogP contribution in [0.5, 0.6) is 5.75 Å². The van der Waals surface area contributed by atoms with Crippen molar-refractivity contribution in [1.82, 2.24) is 10.3 Å². The third-order valence-corrected chi connectivity index (χ3v) is 5.50. The van der Waals surface area contributed by atoms with Crippen LogP contribution in [0.3, 0.4) is 0 Å². The van der Waals surface area contributed by atoms with E-state index in [-0.39, 0.29) is 24.3 Å². The van der Waals surface area contributed by atoms with Crippen LogP contribution in [0.4, 0.5) is 4.39 Å². The summed E-state index contributed by atoms with van der Waals surface area (Å²) >= 11 is 7.24. The standard InChI is InChI=1S/C19H14ClFN2O2S/c20-15-3-5-26-18(15)19(24)23-10-14-7-13-6-12(8-16(21)17(13)25-14)11-2-1-4-22-9-11/h1-6,8-9,14H,7,10H2,(H,23,24)/t14-/m0/s1. The minimum Gasteiger partial charge on any atom is -0.485 e. The second-order valence-corrected chi connectivity index (χ2v) is 7.26. The molecule has 1 aliphatic rings. The lowest BCUT2D eigenvalue weighted by molar-refractivity contribution is 0.0937. The van der Waals surface area contributed by atoms with Gasteiger partial charge in [-0.1, -0.05) is 17.7 Å². The Hall–Kier alpha value is -2.44. The Kier molecular flexibility index (Phi) is 4.61. The summed E-state index contributed by atoms with van der Waals surface area (Å²) in [4.78, 5) is 16.7. The molecule has 2 aromatic heterocycles. The Morgan fingerprint density at radius 1 is 1.38 bits per heavy atom. The molecule has 0 radical (unpaired) electrons. The molecule has 7 heteroatoms. The summed E-state index contributed by atoms with van der Waals surface area (Å²) in [5.41, 5.74) is 2.39. The molecule has 0 fully saturated rings. The average Bonchev–Trinajstić information content (AvgIpc) is 3.26. The van der Waals surface area contributed by atoms with Gasteiger partial charge in [0.25, 0.3) is 5.91 Å². The molecule has 1 amide bonds. The highest BCUT2D eigenvalue weighted by atomic mass is 35.5. The Morgan fingerprint density at radius 2 is 2.27 bits per heavy atom. The number of hydrogen-bond donors (Lipinski definition) is 1. The number of thiophene rings is 1. The number of amides is 1. The minimum absolute atomic E-state index is 0.249. The molecule has 0 bridgehead atoms. The summed E-state index contributed by atoms with van der Waals surface area (Å²) in [5, 5.41) is 4.98. The first-order valence-electron chi connectivity index (χ1n) is 8.02. The molecule has 1 atom stereocenters. The highest BCUT2D eigenvalue weighted by Crippen LogP contribution is 2.35. The van der Waals surface area contributed by atoms with Crippen LogP contribution in [0.2, 0.25) is 5.02 Å². The van der Waals surface area contributed by atoms with Gasteiger partial charge in [0, 0.05) is 29.9 Å². The van der Waals surface area contributed by atoms with Gasteiger partial charge in [-0.2, -0.15) is 0 Å². The summed E-state index contributed by atoms with van der Waals surface area (Å²) in [6.45, 7) is 0.281. The first-order valence-corrected chi connectivity index (χ1v) is 9.28. The fourth-order valence-electron chi connectivity index (χ4n) is 2.94. The van der Waals surface area contributed by atoms with Gasteiger partial charge in [0.05, 0.1) is 11.6 Å². The maximum atomic E-state index is 14.4. The van der Waals surface area contributed by atoms with Crippen molar-refractivity contribution >= 4 is 28.8 Å². The van der Waals surface area contributed by atoms with Gasteiger partial charge >= 0.3 is 0 Å². The molecule has 26 heavy (non-hydrogen) atoms. The molecule has 0 saturated heterocycles. The lowest BCUT2D eigenvalue weighted by atomic mass is 10.0. The van der Waals surface area contributed by atoms with E-state index in [0.29, 0.717) is 16.3 Å². The van der Waals surface area contributed by atoms with Gasteiger partial charge in [-0.3, -0.25) is 9.78 Å². The van der Waals surface area contributed by atoms with E-state index < -0.39 is 5.82 Å². The predicted molar refractivity (Wildman–Crippen MR) is 99.4 cm³/mol. The normalized spacial score (nSPS) is 15.4. The third kappa shape index (κ3) is 3.30. The number of pyridine rings is 1. The van der Waals surface area contributed by atoms with E-state index in [1.54, 1.807) is 23.8 Å². The highest BCUT2D eigenvalue weighted by molar-refractivity contribution is 7.12. The molecule has 0 aliphatic carbocycles. The Balaban J connectivity index is 1.46. The first-order chi connectivity index (χ1) is 12.6. The number of nitrogens with zero attached hydrogens (tertiary/aromatic N) is 1. The van der Waals surface area contributed by atoms with Crippen LogP contribution >= 0.6 is 22.9 Å². The second-order valence-electron chi connectivity index (χ2n) is 5.94. The zero-order valence-electron chi connectivity index (χ0n) is 13.5. The maximum Gasteiger partial charge on any atom is 0.263 e. The molecular weight excluding hydrogens is 375 g/mol. The van der Waals surface area contributed by atoms with Crippen molar-refractivity contribution in [2.45, 2.75) is 12.5 Å². The van der Waals surface area contributed by atoms with Crippen LogP contribution in [0.25, 0.3) is 11.1 Å². The molecule has 1 aromatic carbocycles. The van der Waals surface area contributed by atoms with Gasteiger partial charge in [-0.05, 0) is 35.2 Å². The number of ether oxygens (including phenoxy) is 1. The summed E-state index contributed by atoms with van der Waals surface area (Å²) in [5.74, 6) is -0.399. The van der Waals surface area contributed by atoms with Crippen LogP contribution in [0.15, 0.2) is 48.1 Å². The molecule has 1 N–H and O–H groups in total. The molecule has 0 saturated carbocycles. The van der Waals surface area contributed by atoms with Crippen molar-refractivity contribution in [2.75, 3.05) is 6.54 Å². The summed E-state index contributed by atoms with van der Waals surface area (Å²) in [6, 6.07) is 8.73. The summed E-state index contributed by atoms with van der Waals surface area (Å²) in [6.07, 6.45) is 3.58. The van der Waals surface area contributed by atoms with Crippen molar-refractivity contribution in [3.8, 4) is 16.9 Å². The van der Waals surface area contributed by atoms with Gasteiger partial charge in [0.15, 0.2) is 11.6 Å². The molecule has 4 nitrogen and oxygen atoms in total. The lowest BCUT2D eigenvalue weighted by Gasteiger charge is -2.11.